The number of urea groups is 1. The Morgan fingerprint density at radius 3 is 2.53 bits per heavy atom. The van der Waals surface area contributed by atoms with Crippen molar-refractivity contribution in [3.05, 3.63) is 64.7 Å². The summed E-state index contributed by atoms with van der Waals surface area (Å²) in [7, 11) is 1.70. The third-order valence-electron chi connectivity index (χ3n) is 6.01. The Hall–Kier alpha value is -3.06. The minimum absolute atomic E-state index is 0.149. The molecule has 2 saturated heterocycles. The highest BCUT2D eigenvalue weighted by Gasteiger charge is 2.54. The lowest BCUT2D eigenvalue weighted by atomic mass is 10.1. The number of rotatable bonds is 3. The average Bonchev–Trinajstić information content (AvgIpc) is 3.31. The van der Waals surface area contributed by atoms with Crippen molar-refractivity contribution in [2.75, 3.05) is 25.0 Å². The maximum Gasteiger partial charge on any atom is 0.328 e. The van der Waals surface area contributed by atoms with Crippen LogP contribution in [0.4, 0.5) is 10.5 Å². The first-order valence-electron chi connectivity index (χ1n) is 9.96. The van der Waals surface area contributed by atoms with Crippen LogP contribution in [0, 0.1) is 6.92 Å². The second-order valence-electron chi connectivity index (χ2n) is 7.88. The lowest BCUT2D eigenvalue weighted by Crippen LogP contribution is -2.64. The van der Waals surface area contributed by atoms with Crippen LogP contribution < -0.4 is 4.90 Å². The molecule has 3 aliphatic heterocycles. The van der Waals surface area contributed by atoms with Gasteiger partial charge in [0.05, 0.1) is 6.54 Å². The number of carbonyl (C=O) groups excluding carboxylic acids is 2. The monoisotopic (exact) mass is 423 g/mol. The van der Waals surface area contributed by atoms with Crippen molar-refractivity contribution >= 4 is 35.2 Å². The molecular weight excluding hydrogens is 402 g/mol. The second kappa shape index (κ2) is 7.02. The molecule has 154 valence electrons. The molecule has 0 N–H and O–H groups in total. The molecule has 2 aromatic carbocycles. The standard InChI is InChI=1S/C22H22ClN5O2/c1-14-7-9-16(10-8-14)26-11-12-27-18-19(24-21(26)27)25(2)22(30)28(20(18)29)13-15-5-3-4-6-17(15)23/h3-10,18-19H,11-13H2,1-2H3. The molecule has 30 heavy (non-hydrogen) atoms. The van der Waals surface area contributed by atoms with Crippen molar-refractivity contribution in [1.82, 2.24) is 14.7 Å². The zero-order chi connectivity index (χ0) is 21.0. The number of anilines is 1. The highest BCUT2D eigenvalue weighted by atomic mass is 35.5. The summed E-state index contributed by atoms with van der Waals surface area (Å²) in [6.07, 6.45) is -0.518. The molecule has 2 atom stereocenters. The van der Waals surface area contributed by atoms with Crippen molar-refractivity contribution in [3.63, 3.8) is 0 Å². The van der Waals surface area contributed by atoms with Gasteiger partial charge >= 0.3 is 6.03 Å². The van der Waals surface area contributed by atoms with E-state index in [2.05, 4.69) is 36.1 Å². The van der Waals surface area contributed by atoms with Gasteiger partial charge in [-0.3, -0.25) is 9.69 Å². The molecule has 8 heteroatoms. The number of amides is 3. The van der Waals surface area contributed by atoms with Crippen molar-refractivity contribution in [2.24, 2.45) is 4.99 Å². The lowest BCUT2D eigenvalue weighted by molar-refractivity contribution is -0.137. The number of hydrogen-bond acceptors (Lipinski definition) is 5. The van der Waals surface area contributed by atoms with Crippen LogP contribution in [-0.4, -0.2) is 64.9 Å². The Morgan fingerprint density at radius 1 is 1.07 bits per heavy atom. The van der Waals surface area contributed by atoms with E-state index in [-0.39, 0.29) is 18.5 Å². The minimum Gasteiger partial charge on any atom is -0.325 e. The first kappa shape index (κ1) is 18.9. The smallest absolute Gasteiger partial charge is 0.325 e. The van der Waals surface area contributed by atoms with Gasteiger partial charge in [0.1, 0.15) is 0 Å². The number of benzene rings is 2. The van der Waals surface area contributed by atoms with Crippen LogP contribution in [0.1, 0.15) is 11.1 Å². The summed E-state index contributed by atoms with van der Waals surface area (Å²) >= 11 is 6.27. The SMILES string of the molecule is Cc1ccc(N2CCN3C2=NC2C3C(=O)N(Cc3ccccc3Cl)C(=O)N2C)cc1. The second-order valence-corrected chi connectivity index (χ2v) is 8.28. The number of aryl methyl sites for hydroxylation is 1. The molecule has 3 amide bonds. The van der Waals surface area contributed by atoms with Gasteiger partial charge in [0.2, 0.25) is 5.96 Å². The highest BCUT2D eigenvalue weighted by molar-refractivity contribution is 6.31. The molecule has 3 aliphatic rings. The fourth-order valence-electron chi connectivity index (χ4n) is 4.35. The molecular formula is C22H22ClN5O2. The van der Waals surface area contributed by atoms with Crippen molar-refractivity contribution in [2.45, 2.75) is 25.7 Å². The topological polar surface area (TPSA) is 59.5 Å². The lowest BCUT2D eigenvalue weighted by Gasteiger charge is -2.40. The Kier molecular flexibility index (Phi) is 4.43. The number of carbonyl (C=O) groups is 2. The first-order valence-corrected chi connectivity index (χ1v) is 10.3. The van der Waals surface area contributed by atoms with Crippen LogP contribution in [0.3, 0.4) is 0 Å². The molecule has 0 aliphatic carbocycles. The number of halogens is 1. The summed E-state index contributed by atoms with van der Waals surface area (Å²) in [5.41, 5.74) is 2.97. The van der Waals surface area contributed by atoms with Crippen molar-refractivity contribution in [3.8, 4) is 0 Å². The summed E-state index contributed by atoms with van der Waals surface area (Å²) in [6, 6.07) is 14.7. The van der Waals surface area contributed by atoms with E-state index in [1.54, 1.807) is 18.0 Å². The maximum atomic E-state index is 13.4. The van der Waals surface area contributed by atoms with E-state index in [0.717, 1.165) is 23.8 Å². The number of hydrogen-bond donors (Lipinski definition) is 0. The van der Waals surface area contributed by atoms with Gasteiger partial charge in [0.25, 0.3) is 5.91 Å². The normalized spacial score (nSPS) is 23.1. The molecule has 5 rings (SSSR count). The predicted octanol–water partition coefficient (Wildman–Crippen LogP) is 2.93. The number of likely N-dealkylation sites (N-methyl/N-ethyl adjacent to an activating group) is 1. The van der Waals surface area contributed by atoms with Gasteiger partial charge in [-0.2, -0.15) is 0 Å². The number of aliphatic imine (C=N–C) groups is 1. The summed E-state index contributed by atoms with van der Waals surface area (Å²) in [5, 5.41) is 0.540. The third-order valence-corrected chi connectivity index (χ3v) is 6.38. The van der Waals surface area contributed by atoms with E-state index in [1.165, 1.54) is 10.5 Å². The van der Waals surface area contributed by atoms with Gasteiger partial charge in [-0.1, -0.05) is 47.5 Å². The zero-order valence-electron chi connectivity index (χ0n) is 16.8. The minimum atomic E-state index is -0.518. The van der Waals surface area contributed by atoms with E-state index < -0.39 is 12.2 Å². The van der Waals surface area contributed by atoms with Gasteiger partial charge in [0, 0.05) is 30.8 Å². The largest absolute Gasteiger partial charge is 0.328 e. The molecule has 7 nitrogen and oxygen atoms in total. The summed E-state index contributed by atoms with van der Waals surface area (Å²) in [5.74, 6) is 0.522. The molecule has 0 spiro atoms. The van der Waals surface area contributed by atoms with Crippen LogP contribution in [-0.2, 0) is 11.3 Å². The Morgan fingerprint density at radius 2 is 1.80 bits per heavy atom. The predicted molar refractivity (Wildman–Crippen MR) is 115 cm³/mol. The van der Waals surface area contributed by atoms with Crippen LogP contribution in [0.25, 0.3) is 0 Å². The average molecular weight is 424 g/mol. The van der Waals surface area contributed by atoms with Crippen LogP contribution in [0.15, 0.2) is 53.5 Å². The van der Waals surface area contributed by atoms with Gasteiger partial charge in [-0.05, 0) is 30.7 Å². The fourth-order valence-corrected chi connectivity index (χ4v) is 4.54. The third kappa shape index (κ3) is 2.84. The van der Waals surface area contributed by atoms with Gasteiger partial charge in [-0.25, -0.2) is 9.79 Å². The van der Waals surface area contributed by atoms with Crippen LogP contribution in [0.5, 0.6) is 0 Å². The number of guanidine groups is 1. The van der Waals surface area contributed by atoms with Crippen molar-refractivity contribution in [1.29, 1.82) is 0 Å². The van der Waals surface area contributed by atoms with Gasteiger partial charge in [-0.15, -0.1) is 0 Å². The highest BCUT2D eigenvalue weighted by Crippen LogP contribution is 2.34. The van der Waals surface area contributed by atoms with E-state index in [4.69, 9.17) is 16.6 Å². The molecule has 0 aromatic heterocycles. The molecule has 0 radical (unpaired) electrons. The maximum absolute atomic E-state index is 13.4. The summed E-state index contributed by atoms with van der Waals surface area (Å²) in [4.78, 5) is 38.2. The van der Waals surface area contributed by atoms with E-state index >= 15 is 0 Å². The molecule has 2 fully saturated rings. The summed E-state index contributed by atoms with van der Waals surface area (Å²) in [6.45, 7) is 3.63. The van der Waals surface area contributed by atoms with Gasteiger partial charge < -0.3 is 14.7 Å². The molecule has 3 heterocycles. The first-order chi connectivity index (χ1) is 14.5. The molecule has 2 aromatic rings. The quantitative estimate of drug-likeness (QED) is 0.761. The Labute approximate surface area is 180 Å². The van der Waals surface area contributed by atoms with E-state index in [9.17, 15) is 9.59 Å². The van der Waals surface area contributed by atoms with Gasteiger partial charge in [0.15, 0.2) is 12.2 Å². The van der Waals surface area contributed by atoms with E-state index in [0.29, 0.717) is 11.6 Å². The van der Waals surface area contributed by atoms with Crippen molar-refractivity contribution < 1.29 is 9.59 Å². The number of nitrogens with zero attached hydrogens (tertiary/aromatic N) is 5. The van der Waals surface area contributed by atoms with Crippen LogP contribution in [0.2, 0.25) is 5.02 Å². The zero-order valence-corrected chi connectivity index (χ0v) is 17.6. The molecule has 2 unspecified atom stereocenters. The number of fused-ring (bicyclic) bond motifs is 3. The van der Waals surface area contributed by atoms with E-state index in [1.807, 2.05) is 23.1 Å². The fraction of sp³-hybridized carbons (Fsp3) is 0.318. The van der Waals surface area contributed by atoms with Crippen LogP contribution >= 0.6 is 11.6 Å². The molecule has 0 bridgehead atoms. The Balaban J connectivity index is 1.44. The summed E-state index contributed by atoms with van der Waals surface area (Å²) < 4.78 is 0. The molecule has 0 saturated carbocycles. The Bertz CT molecular complexity index is 1050. The number of imide groups is 1.